The molecule has 1 aromatic heterocycles. The summed E-state index contributed by atoms with van der Waals surface area (Å²) in [6.45, 7) is 1.09. The zero-order valence-corrected chi connectivity index (χ0v) is 12.5. The fraction of sp³-hybridized carbons (Fsp3) is 0.333. The van der Waals surface area contributed by atoms with Crippen LogP contribution in [0.4, 0.5) is 4.39 Å². The molecule has 3 rings (SSSR count). The van der Waals surface area contributed by atoms with Crippen LogP contribution in [0.1, 0.15) is 24.2 Å². The zero-order valence-electron chi connectivity index (χ0n) is 10.9. The molecular formula is C15H15BrFNO2. The van der Waals surface area contributed by atoms with Crippen molar-refractivity contribution in [2.75, 3.05) is 0 Å². The van der Waals surface area contributed by atoms with E-state index in [2.05, 4.69) is 21.2 Å². The van der Waals surface area contributed by atoms with Gasteiger partial charge in [0.1, 0.15) is 23.9 Å². The first-order valence-electron chi connectivity index (χ1n) is 6.59. The van der Waals surface area contributed by atoms with Gasteiger partial charge < -0.3 is 14.5 Å². The van der Waals surface area contributed by atoms with Crippen molar-refractivity contribution < 1.29 is 13.5 Å². The SMILES string of the molecule is Fc1cc(OCc2occc2CNC2CC2)ccc1Br. The predicted octanol–water partition coefficient (Wildman–Crippen LogP) is 4.01. The fourth-order valence-corrected chi connectivity index (χ4v) is 2.16. The van der Waals surface area contributed by atoms with E-state index in [1.165, 1.54) is 18.9 Å². The van der Waals surface area contributed by atoms with Crippen LogP contribution in [0.25, 0.3) is 0 Å². The highest BCUT2D eigenvalue weighted by atomic mass is 79.9. The van der Waals surface area contributed by atoms with Gasteiger partial charge in [0.05, 0.1) is 10.7 Å². The molecule has 1 aliphatic rings. The Morgan fingerprint density at radius 3 is 2.95 bits per heavy atom. The number of nitrogens with one attached hydrogen (secondary N) is 1. The number of hydrogen-bond acceptors (Lipinski definition) is 3. The van der Waals surface area contributed by atoms with Crippen molar-refractivity contribution >= 4 is 15.9 Å². The normalized spacial score (nSPS) is 14.5. The summed E-state index contributed by atoms with van der Waals surface area (Å²) in [6, 6.07) is 7.30. The zero-order chi connectivity index (χ0) is 13.9. The van der Waals surface area contributed by atoms with Crippen molar-refractivity contribution in [2.24, 2.45) is 0 Å². The van der Waals surface area contributed by atoms with Crippen molar-refractivity contribution in [1.29, 1.82) is 0 Å². The topological polar surface area (TPSA) is 34.4 Å². The molecule has 0 saturated heterocycles. The molecule has 1 heterocycles. The Hall–Kier alpha value is -1.33. The summed E-state index contributed by atoms with van der Waals surface area (Å²) in [7, 11) is 0. The van der Waals surface area contributed by atoms with Gasteiger partial charge in [-0.15, -0.1) is 0 Å². The number of halogens is 2. The van der Waals surface area contributed by atoms with Gasteiger partial charge in [-0.25, -0.2) is 4.39 Å². The molecule has 5 heteroatoms. The molecule has 0 aliphatic heterocycles. The minimum absolute atomic E-state index is 0.301. The third-order valence-corrected chi connectivity index (χ3v) is 3.90. The van der Waals surface area contributed by atoms with E-state index in [4.69, 9.17) is 9.15 Å². The van der Waals surface area contributed by atoms with Crippen LogP contribution < -0.4 is 10.1 Å². The van der Waals surface area contributed by atoms with Gasteiger partial charge >= 0.3 is 0 Å². The molecule has 0 spiro atoms. The quantitative estimate of drug-likeness (QED) is 0.863. The van der Waals surface area contributed by atoms with E-state index in [1.807, 2.05) is 6.07 Å². The highest BCUT2D eigenvalue weighted by Gasteiger charge is 2.21. The molecule has 2 aromatic rings. The molecule has 1 aliphatic carbocycles. The lowest BCUT2D eigenvalue weighted by molar-refractivity contribution is 0.267. The van der Waals surface area contributed by atoms with Crippen molar-refractivity contribution in [3.05, 3.63) is 52.1 Å². The molecule has 0 radical (unpaired) electrons. The number of ether oxygens (including phenoxy) is 1. The first-order chi connectivity index (χ1) is 9.72. The van der Waals surface area contributed by atoms with E-state index in [-0.39, 0.29) is 5.82 Å². The summed E-state index contributed by atoms with van der Waals surface area (Å²) in [5.41, 5.74) is 1.09. The second-order valence-corrected chi connectivity index (χ2v) is 5.74. The van der Waals surface area contributed by atoms with Gasteiger partial charge in [-0.3, -0.25) is 0 Å². The lowest BCUT2D eigenvalue weighted by atomic mass is 10.2. The Balaban J connectivity index is 1.59. The van der Waals surface area contributed by atoms with Gasteiger partial charge in [0.25, 0.3) is 0 Å². The second-order valence-electron chi connectivity index (χ2n) is 4.89. The van der Waals surface area contributed by atoms with E-state index in [0.717, 1.165) is 17.9 Å². The maximum Gasteiger partial charge on any atom is 0.146 e. The summed E-state index contributed by atoms with van der Waals surface area (Å²) in [5.74, 6) is 0.933. The number of hydrogen-bond donors (Lipinski definition) is 1. The average molecular weight is 340 g/mol. The van der Waals surface area contributed by atoms with Gasteiger partial charge in [-0.1, -0.05) is 0 Å². The van der Waals surface area contributed by atoms with Crippen molar-refractivity contribution in [1.82, 2.24) is 5.32 Å². The van der Waals surface area contributed by atoms with E-state index >= 15 is 0 Å². The van der Waals surface area contributed by atoms with E-state index in [1.54, 1.807) is 18.4 Å². The molecule has 0 unspecified atom stereocenters. The van der Waals surface area contributed by atoms with Crippen LogP contribution in [0.15, 0.2) is 39.4 Å². The minimum atomic E-state index is -0.336. The molecule has 0 bridgehead atoms. The predicted molar refractivity (Wildman–Crippen MR) is 77.0 cm³/mol. The lowest BCUT2D eigenvalue weighted by Gasteiger charge is -2.07. The third kappa shape index (κ3) is 3.41. The minimum Gasteiger partial charge on any atom is -0.486 e. The summed E-state index contributed by atoms with van der Waals surface area (Å²) < 4.78 is 24.8. The van der Waals surface area contributed by atoms with E-state index in [9.17, 15) is 4.39 Å². The van der Waals surface area contributed by atoms with Crippen molar-refractivity contribution in [3.8, 4) is 5.75 Å². The first-order valence-corrected chi connectivity index (χ1v) is 7.38. The Labute approximate surface area is 125 Å². The van der Waals surface area contributed by atoms with Gasteiger partial charge in [0, 0.05) is 24.2 Å². The van der Waals surface area contributed by atoms with Gasteiger partial charge in [0.15, 0.2) is 0 Å². The first kappa shape index (κ1) is 13.6. The molecule has 0 amide bonds. The fourth-order valence-electron chi connectivity index (χ4n) is 1.91. The highest BCUT2D eigenvalue weighted by Crippen LogP contribution is 2.23. The summed E-state index contributed by atoms with van der Waals surface area (Å²) in [6.07, 6.45) is 4.16. The number of rotatable bonds is 6. The molecule has 106 valence electrons. The van der Waals surface area contributed by atoms with Crippen LogP contribution in [-0.4, -0.2) is 6.04 Å². The van der Waals surface area contributed by atoms with Crippen LogP contribution in [0, 0.1) is 5.82 Å². The van der Waals surface area contributed by atoms with Crippen molar-refractivity contribution in [3.63, 3.8) is 0 Å². The summed E-state index contributed by atoms with van der Waals surface area (Å²) in [4.78, 5) is 0. The summed E-state index contributed by atoms with van der Waals surface area (Å²) >= 11 is 3.11. The number of benzene rings is 1. The monoisotopic (exact) mass is 339 g/mol. The largest absolute Gasteiger partial charge is 0.486 e. The molecule has 1 fully saturated rings. The Morgan fingerprint density at radius 2 is 2.20 bits per heavy atom. The molecule has 1 aromatic carbocycles. The smallest absolute Gasteiger partial charge is 0.146 e. The average Bonchev–Trinajstić information content (AvgIpc) is 3.16. The van der Waals surface area contributed by atoms with Crippen LogP contribution in [-0.2, 0) is 13.2 Å². The standard InChI is InChI=1S/C15H15BrFNO2/c16-13-4-3-12(7-14(13)17)20-9-15-10(5-6-19-15)8-18-11-1-2-11/h3-7,11,18H,1-2,8-9H2. The van der Waals surface area contributed by atoms with E-state index in [0.29, 0.717) is 22.9 Å². The van der Waals surface area contributed by atoms with Gasteiger partial charge in [-0.2, -0.15) is 0 Å². The third-order valence-electron chi connectivity index (χ3n) is 3.26. The lowest BCUT2D eigenvalue weighted by Crippen LogP contribution is -2.16. The van der Waals surface area contributed by atoms with Gasteiger partial charge in [0.2, 0.25) is 0 Å². The van der Waals surface area contributed by atoms with Crippen LogP contribution in [0.3, 0.4) is 0 Å². The molecule has 0 atom stereocenters. The van der Waals surface area contributed by atoms with Crippen LogP contribution in [0.5, 0.6) is 5.75 Å². The molecule has 3 nitrogen and oxygen atoms in total. The number of furan rings is 1. The summed E-state index contributed by atoms with van der Waals surface area (Å²) in [5, 5.41) is 3.43. The Morgan fingerprint density at radius 1 is 1.35 bits per heavy atom. The highest BCUT2D eigenvalue weighted by molar-refractivity contribution is 9.10. The van der Waals surface area contributed by atoms with Gasteiger partial charge in [-0.05, 0) is 47.0 Å². The van der Waals surface area contributed by atoms with Crippen LogP contribution >= 0.6 is 15.9 Å². The maximum atomic E-state index is 13.4. The van der Waals surface area contributed by atoms with E-state index < -0.39 is 0 Å². The van der Waals surface area contributed by atoms with Crippen molar-refractivity contribution in [2.45, 2.75) is 32.0 Å². The molecule has 1 N–H and O–H groups in total. The molecular weight excluding hydrogens is 325 g/mol. The molecule has 1 saturated carbocycles. The van der Waals surface area contributed by atoms with Crippen LogP contribution in [0.2, 0.25) is 0 Å². The molecule has 20 heavy (non-hydrogen) atoms. The second kappa shape index (κ2) is 5.97. The Kier molecular flexibility index (Phi) is 4.08. The Bertz CT molecular complexity index is 595. The maximum absolute atomic E-state index is 13.4.